The summed E-state index contributed by atoms with van der Waals surface area (Å²) in [4.78, 5) is 26.1. The van der Waals surface area contributed by atoms with Crippen LogP contribution in [0.5, 0.6) is 0 Å². The summed E-state index contributed by atoms with van der Waals surface area (Å²) in [5.41, 5.74) is 0. The second-order valence-corrected chi connectivity index (χ2v) is 0.949. The molecule has 0 spiro atoms. The first kappa shape index (κ1) is 29.2. The van der Waals surface area contributed by atoms with E-state index in [0.29, 0.717) is 0 Å². The average Bonchev–Trinajstić information content (AvgIpc) is 1.81. The van der Waals surface area contributed by atoms with Crippen molar-refractivity contribution in [1.29, 1.82) is 5.26 Å². The van der Waals surface area contributed by atoms with Crippen molar-refractivity contribution in [2.45, 2.75) is 0 Å². The third-order valence-corrected chi connectivity index (χ3v) is 0. The van der Waals surface area contributed by atoms with E-state index in [-0.39, 0.29) is 17.1 Å². The van der Waals surface area contributed by atoms with Gasteiger partial charge in [-0.15, -0.1) is 0 Å². The molecule has 0 aliphatic carbocycles. The Bertz CT molecular complexity index is 184. The van der Waals surface area contributed by atoms with Gasteiger partial charge >= 0.3 is 43.3 Å². The van der Waals surface area contributed by atoms with E-state index in [2.05, 4.69) is 16.0 Å². The molecule has 15 heteroatoms. The fourth-order valence-electron chi connectivity index (χ4n) is 0. The van der Waals surface area contributed by atoms with Crippen LogP contribution in [0.3, 0.4) is 0 Å². The van der Waals surface area contributed by atoms with Crippen molar-refractivity contribution in [2.75, 3.05) is 0 Å². The third kappa shape index (κ3) is 429. The van der Waals surface area contributed by atoms with Crippen molar-refractivity contribution in [3.8, 4) is 4.97 Å². The maximum atomic E-state index is 8.25. The molecule has 0 aromatic heterocycles. The Hall–Kier alpha value is -1.87. The predicted octanol–water partition coefficient (Wildman–Crippen LogP) is -0.706. The molecule has 0 aromatic carbocycles. The van der Waals surface area contributed by atoms with E-state index in [4.69, 9.17) is 51.2 Å². The van der Waals surface area contributed by atoms with E-state index < -0.39 is 15.3 Å². The molecule has 0 rings (SSSR count). The van der Waals surface area contributed by atoms with Crippen molar-refractivity contribution in [1.82, 2.24) is 0 Å². The molecule has 0 fully saturated rings. The first-order chi connectivity index (χ1) is 6.61. The topological polar surface area (TPSA) is 222 Å². The van der Waals surface area contributed by atoms with Gasteiger partial charge in [0, 0.05) is 0 Å². The molecular formula is CCu2N4O9. The molecule has 0 saturated carbocycles. The molecule has 0 amide bonds. The molecule has 16 heavy (non-hydrogen) atoms. The second kappa shape index (κ2) is 29.2. The van der Waals surface area contributed by atoms with Crippen molar-refractivity contribution in [3.63, 3.8) is 0 Å². The molecule has 0 saturated heterocycles. The zero-order valence-electron chi connectivity index (χ0n) is 6.57. The summed E-state index contributed by atoms with van der Waals surface area (Å²) < 4.78 is 0. The molecule has 1 radical (unpaired) electrons. The average molecular weight is 339 g/mol. The van der Waals surface area contributed by atoms with Gasteiger partial charge in [-0.1, -0.05) is 0 Å². The number of hydrogen-bond acceptors (Lipinski definition) is 10. The zero-order chi connectivity index (χ0) is 13.4. The van der Waals surface area contributed by atoms with E-state index in [1.807, 2.05) is 0 Å². The molecule has 0 aromatic rings. The Morgan fingerprint density at radius 1 is 0.812 bits per heavy atom. The van der Waals surface area contributed by atoms with Crippen LogP contribution >= 0.6 is 0 Å². The Morgan fingerprint density at radius 3 is 0.812 bits per heavy atom. The fourth-order valence-corrected chi connectivity index (χ4v) is 0. The summed E-state index contributed by atoms with van der Waals surface area (Å²) >= 11 is 3.81. The smallest absolute Gasteiger partial charge is 0.356 e. The third-order valence-electron chi connectivity index (χ3n) is 0. The summed E-state index contributed by atoms with van der Waals surface area (Å²) in [6.45, 7) is 0. The van der Waals surface area contributed by atoms with Crippen LogP contribution in [0, 0.1) is 56.2 Å². The Morgan fingerprint density at radius 2 is 0.812 bits per heavy atom. The maximum absolute atomic E-state index is 8.25. The van der Waals surface area contributed by atoms with Crippen LogP contribution in [0.25, 0.3) is 0 Å². The zero-order valence-corrected chi connectivity index (χ0v) is 8.45. The number of rotatable bonds is 0. The molecule has 0 N–H and O–H groups in total. The maximum Gasteiger partial charge on any atom is 2.00 e. The van der Waals surface area contributed by atoms with Gasteiger partial charge in [0.25, 0.3) is 0 Å². The molecular weight excluding hydrogens is 339 g/mol. The summed E-state index contributed by atoms with van der Waals surface area (Å²) in [6.07, 6.45) is 0. The normalized spacial score (nSPS) is 5.06. The summed E-state index contributed by atoms with van der Waals surface area (Å²) in [5.74, 6) is 0. The van der Waals surface area contributed by atoms with Gasteiger partial charge in [-0.3, -0.25) is 0 Å². The van der Waals surface area contributed by atoms with E-state index in [1.165, 1.54) is 4.97 Å². The Labute approximate surface area is 105 Å². The van der Waals surface area contributed by atoms with Gasteiger partial charge in [-0.05, 0) is 0 Å². The van der Waals surface area contributed by atoms with Crippen LogP contribution < -0.4 is 0 Å². The van der Waals surface area contributed by atoms with E-state index in [9.17, 15) is 0 Å². The van der Waals surface area contributed by atoms with Gasteiger partial charge in [0.1, 0.15) is 0 Å². The molecule has 0 aliphatic heterocycles. The standard InChI is InChI=1S/CN.2Cu.3NO3/c1-2;;;3*2-1(3)4/q;+1;+2;3*-1. The Kier molecular flexibility index (Phi) is 53.4. The van der Waals surface area contributed by atoms with Crippen molar-refractivity contribution < 1.29 is 48.3 Å². The predicted molar refractivity (Wildman–Crippen MR) is 36.7 cm³/mol. The minimum atomic E-state index is -1.75. The van der Waals surface area contributed by atoms with Gasteiger partial charge in [-0.2, -0.15) is 0 Å². The molecule has 0 heterocycles. The fraction of sp³-hybridized carbons (Fsp3) is 0. The van der Waals surface area contributed by atoms with Crippen LogP contribution in [0.1, 0.15) is 0 Å². The van der Waals surface area contributed by atoms with E-state index in [1.54, 1.807) is 0 Å². The molecule has 13 nitrogen and oxygen atoms in total. The monoisotopic (exact) mass is 338 g/mol. The van der Waals surface area contributed by atoms with Gasteiger partial charge in [0.05, 0.1) is 15.3 Å². The molecule has 0 unspecified atom stereocenters. The van der Waals surface area contributed by atoms with Gasteiger partial charge in [0.2, 0.25) is 0 Å². The van der Waals surface area contributed by atoms with E-state index >= 15 is 0 Å². The minimum absolute atomic E-state index is 0. The number of nitriles is 1. The van der Waals surface area contributed by atoms with Crippen LogP contribution in [-0.2, 0) is 33.1 Å². The molecule has 0 atom stereocenters. The number of hydrogen-bond donors (Lipinski definition) is 0. The number of nitrogens with zero attached hydrogens (tertiary/aromatic N) is 4. The minimum Gasteiger partial charge on any atom is -0.356 e. The molecule has 0 aliphatic rings. The van der Waals surface area contributed by atoms with Crippen molar-refractivity contribution in [3.05, 3.63) is 46.0 Å². The van der Waals surface area contributed by atoms with Crippen LogP contribution in [0.15, 0.2) is 0 Å². The SMILES string of the molecule is N#[C][Cu+].O=[N+]([O-])[O-].O=[N+]([O-])[O-].O=[N+]([O-])[O-].[Cu+2]. The van der Waals surface area contributed by atoms with Gasteiger partial charge in [0.15, 0.2) is 0 Å². The first-order valence-corrected chi connectivity index (χ1v) is 2.49. The molecule has 100 valence electrons. The summed E-state index contributed by atoms with van der Waals surface area (Å²) in [6, 6.07) is 0. The van der Waals surface area contributed by atoms with Gasteiger partial charge in [-0.25, -0.2) is 0 Å². The van der Waals surface area contributed by atoms with Crippen molar-refractivity contribution >= 4 is 0 Å². The first-order valence-electron chi connectivity index (χ1n) is 2.02. The van der Waals surface area contributed by atoms with Gasteiger partial charge < -0.3 is 46.0 Å². The Balaban J connectivity index is -0.0000000331. The molecule has 0 bridgehead atoms. The van der Waals surface area contributed by atoms with Crippen LogP contribution in [-0.4, -0.2) is 15.3 Å². The largest absolute Gasteiger partial charge is 2.00 e. The van der Waals surface area contributed by atoms with Crippen LogP contribution in [0.4, 0.5) is 0 Å². The summed E-state index contributed by atoms with van der Waals surface area (Å²) in [7, 11) is 0. The van der Waals surface area contributed by atoms with Crippen molar-refractivity contribution in [2.24, 2.45) is 0 Å². The van der Waals surface area contributed by atoms with E-state index in [0.717, 1.165) is 0 Å². The van der Waals surface area contributed by atoms with Crippen LogP contribution in [0.2, 0.25) is 0 Å². The summed E-state index contributed by atoms with van der Waals surface area (Å²) in [5, 5.41) is 51.4. The second-order valence-electron chi connectivity index (χ2n) is 0.738. The quantitative estimate of drug-likeness (QED) is 0.306.